The summed E-state index contributed by atoms with van der Waals surface area (Å²) in [6.45, 7) is 4.04. The average molecular weight is 383 g/mol. The van der Waals surface area contributed by atoms with Crippen LogP contribution in [0.3, 0.4) is 0 Å². The summed E-state index contributed by atoms with van der Waals surface area (Å²) in [5.41, 5.74) is 3.44. The summed E-state index contributed by atoms with van der Waals surface area (Å²) in [7, 11) is 0. The van der Waals surface area contributed by atoms with Crippen molar-refractivity contribution < 1.29 is 18.7 Å². The minimum atomic E-state index is -0.363. The van der Waals surface area contributed by atoms with Gasteiger partial charge in [0.15, 0.2) is 5.78 Å². The van der Waals surface area contributed by atoms with Gasteiger partial charge in [-0.1, -0.05) is 19.1 Å². The van der Waals surface area contributed by atoms with Gasteiger partial charge in [-0.15, -0.1) is 0 Å². The van der Waals surface area contributed by atoms with Crippen molar-refractivity contribution in [2.75, 3.05) is 0 Å². The Morgan fingerprint density at radius 1 is 1.11 bits per heavy atom. The van der Waals surface area contributed by atoms with E-state index in [1.165, 1.54) is 12.1 Å². The zero-order valence-corrected chi connectivity index (χ0v) is 16.4. The number of hydrogen-bond donors (Lipinski definition) is 1. The molecule has 4 rings (SSSR count). The number of fused-ring (bicyclic) bond motifs is 1. The Balaban J connectivity index is 1.53. The largest absolute Gasteiger partial charge is 0.458 e. The number of aromatic amines is 1. The van der Waals surface area contributed by atoms with E-state index in [0.29, 0.717) is 35.6 Å². The second kappa shape index (κ2) is 7.53. The number of ketones is 1. The molecule has 1 aromatic carbocycles. The van der Waals surface area contributed by atoms with Crippen molar-refractivity contribution in [3.05, 3.63) is 58.2 Å². The van der Waals surface area contributed by atoms with Crippen LogP contribution in [0.25, 0.3) is 0 Å². The van der Waals surface area contributed by atoms with Crippen molar-refractivity contribution in [3.63, 3.8) is 0 Å². The quantitative estimate of drug-likeness (QED) is 0.749. The highest BCUT2D eigenvalue weighted by Gasteiger charge is 2.33. The second-order valence-electron chi connectivity index (χ2n) is 8.35. The van der Waals surface area contributed by atoms with Crippen LogP contribution in [0.1, 0.15) is 82.6 Å². The van der Waals surface area contributed by atoms with E-state index in [0.717, 1.165) is 36.9 Å². The minimum Gasteiger partial charge on any atom is -0.458 e. The van der Waals surface area contributed by atoms with Crippen LogP contribution in [0.15, 0.2) is 24.3 Å². The lowest BCUT2D eigenvalue weighted by atomic mass is 9.81. The van der Waals surface area contributed by atoms with Gasteiger partial charge in [0.05, 0.1) is 0 Å². The number of Topliss-reactive ketones (excluding diaryl/α,β-unsaturated/α-hetero) is 1. The Kier molecular flexibility index (Phi) is 5.09. The fourth-order valence-electron chi connectivity index (χ4n) is 4.57. The third-order valence-corrected chi connectivity index (χ3v) is 6.27. The van der Waals surface area contributed by atoms with Crippen LogP contribution in [0.2, 0.25) is 0 Å². The highest BCUT2D eigenvalue weighted by atomic mass is 19.1. The van der Waals surface area contributed by atoms with Gasteiger partial charge in [0.2, 0.25) is 0 Å². The van der Waals surface area contributed by atoms with Crippen LogP contribution in [0, 0.1) is 18.7 Å². The number of esters is 1. The van der Waals surface area contributed by atoms with E-state index in [4.69, 9.17) is 4.74 Å². The number of H-pyrrole nitrogens is 1. The fraction of sp³-hybridized carbons (Fsp3) is 0.478. The summed E-state index contributed by atoms with van der Waals surface area (Å²) in [5.74, 6) is 0.0507. The van der Waals surface area contributed by atoms with Gasteiger partial charge in [-0.05, 0) is 74.1 Å². The summed E-state index contributed by atoms with van der Waals surface area (Å²) < 4.78 is 18.9. The van der Waals surface area contributed by atoms with Crippen molar-refractivity contribution in [2.24, 2.45) is 5.92 Å². The first-order valence-electron chi connectivity index (χ1n) is 10.1. The third kappa shape index (κ3) is 3.62. The SMILES string of the molecule is Cc1c(C(=O)OC2CCC(C)CC2)[nH]c2c1C(=O)C[C@@H](c1ccc(F)cc1)C2. The maximum absolute atomic E-state index is 13.2. The maximum atomic E-state index is 13.2. The van der Waals surface area contributed by atoms with E-state index in [1.807, 2.05) is 6.92 Å². The highest BCUT2D eigenvalue weighted by molar-refractivity contribution is 6.03. The molecule has 1 N–H and O–H groups in total. The molecule has 0 amide bonds. The standard InChI is InChI=1S/C23H26FNO3/c1-13-3-9-18(10-4-13)28-23(27)22-14(2)21-19(25-22)11-16(12-20(21)26)15-5-7-17(24)8-6-15/h5-8,13,16,18,25H,3-4,9-12H2,1-2H3/t13?,16-,18?/m0/s1. The molecule has 4 nitrogen and oxygen atoms in total. The van der Waals surface area contributed by atoms with Gasteiger partial charge < -0.3 is 9.72 Å². The van der Waals surface area contributed by atoms with Gasteiger partial charge in [0.25, 0.3) is 0 Å². The molecule has 0 aliphatic heterocycles. The van der Waals surface area contributed by atoms with Gasteiger partial charge in [-0.2, -0.15) is 0 Å². The van der Waals surface area contributed by atoms with E-state index in [-0.39, 0.29) is 29.6 Å². The van der Waals surface area contributed by atoms with Crippen molar-refractivity contribution in [2.45, 2.75) is 64.4 Å². The van der Waals surface area contributed by atoms with Gasteiger partial charge >= 0.3 is 5.97 Å². The number of halogens is 1. The Hall–Kier alpha value is -2.43. The lowest BCUT2D eigenvalue weighted by Gasteiger charge is -2.25. The van der Waals surface area contributed by atoms with E-state index >= 15 is 0 Å². The van der Waals surface area contributed by atoms with Crippen molar-refractivity contribution >= 4 is 11.8 Å². The summed E-state index contributed by atoms with van der Waals surface area (Å²) in [6, 6.07) is 6.30. The van der Waals surface area contributed by atoms with E-state index in [1.54, 1.807) is 12.1 Å². The molecule has 2 aliphatic rings. The summed E-state index contributed by atoms with van der Waals surface area (Å²) in [4.78, 5) is 28.7. The maximum Gasteiger partial charge on any atom is 0.355 e. The molecule has 1 aromatic heterocycles. The van der Waals surface area contributed by atoms with Crippen molar-refractivity contribution in [1.82, 2.24) is 4.98 Å². The van der Waals surface area contributed by atoms with E-state index in [9.17, 15) is 14.0 Å². The number of rotatable bonds is 3. The van der Waals surface area contributed by atoms with Crippen LogP contribution in [-0.4, -0.2) is 22.8 Å². The third-order valence-electron chi connectivity index (χ3n) is 6.27. The molecular formula is C23H26FNO3. The first-order valence-corrected chi connectivity index (χ1v) is 10.1. The van der Waals surface area contributed by atoms with Crippen LogP contribution in [-0.2, 0) is 11.2 Å². The van der Waals surface area contributed by atoms with Crippen LogP contribution >= 0.6 is 0 Å². The molecule has 28 heavy (non-hydrogen) atoms. The average Bonchev–Trinajstić information content (AvgIpc) is 3.01. The molecule has 0 radical (unpaired) electrons. The summed E-state index contributed by atoms with van der Waals surface area (Å²) >= 11 is 0. The Bertz CT molecular complexity index is 891. The normalized spacial score (nSPS) is 24.7. The molecule has 2 aliphatic carbocycles. The van der Waals surface area contributed by atoms with Crippen LogP contribution in [0.5, 0.6) is 0 Å². The second-order valence-corrected chi connectivity index (χ2v) is 8.35. The predicted molar refractivity (Wildman–Crippen MR) is 104 cm³/mol. The predicted octanol–water partition coefficient (Wildman–Crippen LogP) is 5.11. The molecule has 1 heterocycles. The first-order chi connectivity index (χ1) is 13.4. The summed E-state index contributed by atoms with van der Waals surface area (Å²) in [6.07, 6.45) is 4.92. The molecule has 1 atom stereocenters. The molecule has 0 saturated heterocycles. The zero-order chi connectivity index (χ0) is 19.8. The number of hydrogen-bond acceptors (Lipinski definition) is 3. The molecule has 0 spiro atoms. The number of carbonyl (C=O) groups excluding carboxylic acids is 2. The molecule has 2 aromatic rings. The molecule has 0 unspecified atom stereocenters. The van der Waals surface area contributed by atoms with Gasteiger partial charge in [-0.25, -0.2) is 9.18 Å². The smallest absolute Gasteiger partial charge is 0.355 e. The number of carbonyl (C=O) groups is 2. The van der Waals surface area contributed by atoms with Crippen LogP contribution in [0.4, 0.5) is 4.39 Å². The lowest BCUT2D eigenvalue weighted by molar-refractivity contribution is 0.0167. The fourth-order valence-corrected chi connectivity index (χ4v) is 4.57. The zero-order valence-electron chi connectivity index (χ0n) is 16.4. The van der Waals surface area contributed by atoms with E-state index in [2.05, 4.69) is 11.9 Å². The molecular weight excluding hydrogens is 357 g/mol. The van der Waals surface area contributed by atoms with Crippen molar-refractivity contribution in [3.8, 4) is 0 Å². The summed E-state index contributed by atoms with van der Waals surface area (Å²) in [5, 5.41) is 0. The molecule has 5 heteroatoms. The van der Waals surface area contributed by atoms with Gasteiger partial charge in [0, 0.05) is 17.7 Å². The first kappa shape index (κ1) is 18.9. The Morgan fingerprint density at radius 3 is 2.46 bits per heavy atom. The number of ether oxygens (including phenoxy) is 1. The van der Waals surface area contributed by atoms with Gasteiger partial charge in [0.1, 0.15) is 17.6 Å². The van der Waals surface area contributed by atoms with Crippen molar-refractivity contribution in [1.29, 1.82) is 0 Å². The topological polar surface area (TPSA) is 59.2 Å². The van der Waals surface area contributed by atoms with E-state index < -0.39 is 0 Å². The van der Waals surface area contributed by atoms with Gasteiger partial charge in [-0.3, -0.25) is 4.79 Å². The van der Waals surface area contributed by atoms with Crippen LogP contribution < -0.4 is 0 Å². The molecule has 1 saturated carbocycles. The lowest BCUT2D eigenvalue weighted by Crippen LogP contribution is -2.24. The monoisotopic (exact) mass is 383 g/mol. The number of benzene rings is 1. The molecule has 148 valence electrons. The Labute approximate surface area is 164 Å². The number of nitrogens with one attached hydrogen (secondary N) is 1. The minimum absolute atomic E-state index is 0.0117. The highest BCUT2D eigenvalue weighted by Crippen LogP contribution is 2.35. The Morgan fingerprint density at radius 2 is 1.79 bits per heavy atom. The number of aromatic nitrogens is 1. The molecule has 0 bridgehead atoms. The molecule has 1 fully saturated rings.